The molecule has 1 aliphatic rings. The molecular weight excluding hydrogens is 388 g/mol. The standard InChI is InChI=1S/C21H28N4O3S/c1-5-7-12-29-21-23-20-22-14(3)17(19(26)28-11-6-2)18(25(20)24-21)15-9-8-10-16(13-15)27-4/h8-10,13,18H,5-7,11-12H2,1-4H3,(H,22,23,24). The highest BCUT2D eigenvalue weighted by Gasteiger charge is 2.35. The molecule has 0 fully saturated rings. The maximum Gasteiger partial charge on any atom is 0.338 e. The smallest absolute Gasteiger partial charge is 0.338 e. The monoisotopic (exact) mass is 416 g/mol. The van der Waals surface area contributed by atoms with Crippen molar-refractivity contribution in [1.29, 1.82) is 0 Å². The van der Waals surface area contributed by atoms with Crippen LogP contribution in [0.2, 0.25) is 0 Å². The van der Waals surface area contributed by atoms with Gasteiger partial charge in [-0.15, -0.1) is 5.10 Å². The molecule has 0 amide bonds. The first kappa shape index (κ1) is 21.2. The Bertz CT molecular complexity index is 894. The lowest BCUT2D eigenvalue weighted by molar-refractivity contribution is -0.139. The molecule has 1 aromatic carbocycles. The lowest BCUT2D eigenvalue weighted by Gasteiger charge is -2.28. The largest absolute Gasteiger partial charge is 0.497 e. The van der Waals surface area contributed by atoms with E-state index in [1.165, 1.54) is 0 Å². The van der Waals surface area contributed by atoms with Crippen molar-refractivity contribution in [3.8, 4) is 5.75 Å². The van der Waals surface area contributed by atoms with Gasteiger partial charge < -0.3 is 14.8 Å². The van der Waals surface area contributed by atoms with E-state index in [-0.39, 0.29) is 5.97 Å². The Labute approximate surface area is 175 Å². The Kier molecular flexibility index (Phi) is 7.19. The summed E-state index contributed by atoms with van der Waals surface area (Å²) in [6.07, 6.45) is 2.99. The zero-order valence-corrected chi connectivity index (χ0v) is 18.2. The second kappa shape index (κ2) is 9.82. The number of fused-ring (bicyclic) bond motifs is 1. The maximum absolute atomic E-state index is 12.9. The van der Waals surface area contributed by atoms with Crippen LogP contribution in [0.25, 0.3) is 0 Å². The Balaban J connectivity index is 2.03. The number of aromatic nitrogens is 3. The zero-order valence-electron chi connectivity index (χ0n) is 17.4. The third-order valence-electron chi connectivity index (χ3n) is 4.63. The van der Waals surface area contributed by atoms with E-state index in [2.05, 4.69) is 17.2 Å². The van der Waals surface area contributed by atoms with Crippen LogP contribution in [0.5, 0.6) is 5.75 Å². The predicted octanol–water partition coefficient (Wildman–Crippen LogP) is 4.42. The van der Waals surface area contributed by atoms with Gasteiger partial charge in [-0.1, -0.05) is 44.2 Å². The normalized spacial score (nSPS) is 15.7. The number of nitrogens with one attached hydrogen (secondary N) is 1. The van der Waals surface area contributed by atoms with Crippen LogP contribution >= 0.6 is 11.8 Å². The third-order valence-corrected chi connectivity index (χ3v) is 5.55. The molecule has 2 heterocycles. The molecule has 0 bridgehead atoms. The summed E-state index contributed by atoms with van der Waals surface area (Å²) in [5.74, 6) is 1.97. The van der Waals surface area contributed by atoms with Crippen LogP contribution in [-0.2, 0) is 9.53 Å². The van der Waals surface area contributed by atoms with Gasteiger partial charge in [0.1, 0.15) is 11.8 Å². The van der Waals surface area contributed by atoms with Crippen molar-refractivity contribution >= 4 is 23.7 Å². The number of ether oxygens (including phenoxy) is 2. The highest BCUT2D eigenvalue weighted by atomic mass is 32.2. The average molecular weight is 417 g/mol. The highest BCUT2D eigenvalue weighted by molar-refractivity contribution is 7.99. The van der Waals surface area contributed by atoms with Crippen molar-refractivity contribution in [3.63, 3.8) is 0 Å². The fourth-order valence-corrected chi connectivity index (χ4v) is 4.07. The minimum absolute atomic E-state index is 0.342. The third kappa shape index (κ3) is 4.75. The molecule has 0 saturated carbocycles. The molecule has 0 radical (unpaired) electrons. The van der Waals surface area contributed by atoms with Crippen LogP contribution in [0.3, 0.4) is 0 Å². The number of thioether (sulfide) groups is 1. The lowest BCUT2D eigenvalue weighted by atomic mass is 9.95. The number of carbonyl (C=O) groups is 1. The number of anilines is 1. The summed E-state index contributed by atoms with van der Waals surface area (Å²) in [6, 6.07) is 7.25. The Morgan fingerprint density at radius 1 is 1.31 bits per heavy atom. The van der Waals surface area contributed by atoms with E-state index in [1.807, 2.05) is 38.1 Å². The van der Waals surface area contributed by atoms with Gasteiger partial charge in [-0.05, 0) is 37.5 Å². The maximum atomic E-state index is 12.9. The van der Waals surface area contributed by atoms with Gasteiger partial charge in [-0.25, -0.2) is 9.48 Å². The number of methoxy groups -OCH3 is 1. The molecule has 7 nitrogen and oxygen atoms in total. The summed E-state index contributed by atoms with van der Waals surface area (Å²) in [4.78, 5) is 17.5. The first-order valence-corrected chi connectivity index (χ1v) is 11.0. The highest BCUT2D eigenvalue weighted by Crippen LogP contribution is 2.37. The van der Waals surface area contributed by atoms with E-state index < -0.39 is 6.04 Å². The van der Waals surface area contributed by atoms with Crippen LogP contribution in [-0.4, -0.2) is 40.2 Å². The van der Waals surface area contributed by atoms with Crippen LogP contribution in [0.15, 0.2) is 40.7 Å². The van der Waals surface area contributed by atoms with Crippen molar-refractivity contribution in [2.24, 2.45) is 0 Å². The Morgan fingerprint density at radius 3 is 2.86 bits per heavy atom. The number of nitrogens with zero attached hydrogens (tertiary/aromatic N) is 3. The van der Waals surface area contributed by atoms with E-state index in [1.54, 1.807) is 23.6 Å². The summed E-state index contributed by atoms with van der Waals surface area (Å²) < 4.78 is 12.6. The summed E-state index contributed by atoms with van der Waals surface area (Å²) in [5.41, 5.74) is 2.16. The van der Waals surface area contributed by atoms with Gasteiger partial charge in [-0.3, -0.25) is 0 Å². The fourth-order valence-electron chi connectivity index (χ4n) is 3.16. The minimum Gasteiger partial charge on any atom is -0.497 e. The van der Waals surface area contributed by atoms with Crippen LogP contribution in [0, 0.1) is 0 Å². The number of esters is 1. The summed E-state index contributed by atoms with van der Waals surface area (Å²) >= 11 is 1.63. The number of unbranched alkanes of at least 4 members (excludes halogenated alkanes) is 1. The number of allylic oxidation sites excluding steroid dienone is 1. The average Bonchev–Trinajstić information content (AvgIpc) is 3.13. The molecule has 3 rings (SSSR count). The van der Waals surface area contributed by atoms with Gasteiger partial charge in [0.2, 0.25) is 11.1 Å². The van der Waals surface area contributed by atoms with Crippen LogP contribution in [0.1, 0.15) is 51.6 Å². The molecule has 2 aromatic rings. The van der Waals surface area contributed by atoms with Crippen molar-refractivity contribution in [3.05, 3.63) is 41.1 Å². The summed E-state index contributed by atoms with van der Waals surface area (Å²) in [6.45, 7) is 6.39. The Morgan fingerprint density at radius 2 is 2.14 bits per heavy atom. The second-order valence-electron chi connectivity index (χ2n) is 6.84. The molecule has 1 atom stereocenters. The molecule has 29 heavy (non-hydrogen) atoms. The zero-order chi connectivity index (χ0) is 20.8. The van der Waals surface area contributed by atoms with Gasteiger partial charge in [-0.2, -0.15) is 4.98 Å². The van der Waals surface area contributed by atoms with Crippen LogP contribution in [0.4, 0.5) is 5.95 Å². The van der Waals surface area contributed by atoms with Gasteiger partial charge in [0.15, 0.2) is 0 Å². The molecule has 0 aliphatic carbocycles. The molecule has 1 unspecified atom stereocenters. The van der Waals surface area contributed by atoms with E-state index in [4.69, 9.17) is 14.6 Å². The molecule has 0 saturated heterocycles. The number of hydrogen-bond donors (Lipinski definition) is 1. The summed E-state index contributed by atoms with van der Waals surface area (Å²) in [7, 11) is 1.63. The Hall–Kier alpha value is -2.48. The van der Waals surface area contributed by atoms with E-state index in [0.29, 0.717) is 23.3 Å². The first-order valence-electron chi connectivity index (χ1n) is 9.97. The topological polar surface area (TPSA) is 78.3 Å². The molecule has 1 N–H and O–H groups in total. The van der Waals surface area contributed by atoms with Crippen LogP contribution < -0.4 is 10.1 Å². The van der Waals surface area contributed by atoms with Crippen molar-refractivity contribution in [1.82, 2.24) is 14.8 Å². The van der Waals surface area contributed by atoms with Gasteiger partial charge >= 0.3 is 5.97 Å². The predicted molar refractivity (Wildman–Crippen MR) is 114 cm³/mol. The van der Waals surface area contributed by atoms with E-state index in [9.17, 15) is 4.79 Å². The lowest BCUT2D eigenvalue weighted by Crippen LogP contribution is -2.29. The van der Waals surface area contributed by atoms with Crippen molar-refractivity contribution in [2.45, 2.75) is 51.2 Å². The SMILES string of the molecule is CCCCSc1nc2n(n1)C(c1cccc(OC)c1)C(C(=O)OCCC)=C(C)N2. The second-order valence-corrected chi connectivity index (χ2v) is 7.91. The summed E-state index contributed by atoms with van der Waals surface area (Å²) in [5, 5.41) is 8.64. The fraction of sp³-hybridized carbons (Fsp3) is 0.476. The van der Waals surface area contributed by atoms with E-state index >= 15 is 0 Å². The van der Waals surface area contributed by atoms with Gasteiger partial charge in [0, 0.05) is 11.4 Å². The van der Waals surface area contributed by atoms with Crippen molar-refractivity contribution in [2.75, 3.05) is 24.8 Å². The number of hydrogen-bond acceptors (Lipinski definition) is 7. The molecule has 1 aromatic heterocycles. The van der Waals surface area contributed by atoms with Gasteiger partial charge in [0.25, 0.3) is 0 Å². The molecule has 1 aliphatic heterocycles. The molecular formula is C21H28N4O3S. The molecule has 8 heteroatoms. The van der Waals surface area contributed by atoms with E-state index in [0.717, 1.165) is 42.0 Å². The molecule has 156 valence electrons. The first-order chi connectivity index (χ1) is 14.1. The van der Waals surface area contributed by atoms with Crippen molar-refractivity contribution < 1.29 is 14.3 Å². The minimum atomic E-state index is -0.432. The number of carbonyl (C=O) groups excluding carboxylic acids is 1. The number of rotatable bonds is 9. The molecule has 0 spiro atoms. The quantitative estimate of drug-likeness (QED) is 0.368. The number of benzene rings is 1. The van der Waals surface area contributed by atoms with Gasteiger partial charge in [0.05, 0.1) is 19.3 Å².